The molecule has 0 rings (SSSR count). The number of hydrogen-bond donors (Lipinski definition) is 0. The molecule has 0 fully saturated rings. The average Bonchev–Trinajstić information content (AvgIpc) is 1.35. The van der Waals surface area contributed by atoms with Crippen LogP contribution in [0.15, 0.2) is 4.76 Å². The van der Waals surface area contributed by atoms with E-state index in [9.17, 15) is 4.79 Å². The SMILES string of the molecule is CP(C)N=C=O. The van der Waals surface area contributed by atoms with Gasteiger partial charge >= 0.3 is 0 Å². The van der Waals surface area contributed by atoms with Crippen molar-refractivity contribution in [3.63, 3.8) is 0 Å². The lowest BCUT2D eigenvalue weighted by molar-refractivity contribution is 0.566. The molecule has 0 aromatic rings. The molecule has 0 saturated heterocycles. The topological polar surface area (TPSA) is 29.4 Å². The van der Waals surface area contributed by atoms with E-state index >= 15 is 0 Å². The van der Waals surface area contributed by atoms with Crippen molar-refractivity contribution in [3.8, 4) is 0 Å². The van der Waals surface area contributed by atoms with Crippen molar-refractivity contribution in [2.24, 2.45) is 4.76 Å². The van der Waals surface area contributed by atoms with Gasteiger partial charge in [-0.1, -0.05) is 0 Å². The molecule has 6 heavy (non-hydrogen) atoms. The largest absolute Gasteiger partial charge is 0.238 e. The summed E-state index contributed by atoms with van der Waals surface area (Å²) in [6.45, 7) is 3.78. The first-order chi connectivity index (χ1) is 2.77. The zero-order valence-corrected chi connectivity index (χ0v) is 4.70. The van der Waals surface area contributed by atoms with Crippen LogP contribution in [0.5, 0.6) is 0 Å². The first-order valence-corrected chi connectivity index (χ1v) is 3.71. The predicted octanol–water partition coefficient (Wildman–Crippen LogP) is 0.979. The van der Waals surface area contributed by atoms with Crippen molar-refractivity contribution < 1.29 is 4.79 Å². The molecule has 0 amide bonds. The highest BCUT2D eigenvalue weighted by Gasteiger charge is 1.78. The maximum atomic E-state index is 9.34. The molecule has 0 spiro atoms. The molecule has 0 bridgehead atoms. The molecule has 3 heteroatoms. The number of isocyanates is 1. The minimum Gasteiger partial charge on any atom is -0.211 e. The van der Waals surface area contributed by atoms with Gasteiger partial charge in [0.05, 0.1) is 0 Å². The van der Waals surface area contributed by atoms with E-state index in [1.807, 2.05) is 13.3 Å². The van der Waals surface area contributed by atoms with Crippen molar-refractivity contribution in [1.29, 1.82) is 0 Å². The normalized spacial score (nSPS) is 7.83. The molecule has 0 N–H and O–H groups in total. The van der Waals surface area contributed by atoms with E-state index in [0.29, 0.717) is 0 Å². The first kappa shape index (κ1) is 5.81. The molecular formula is C3H6NOP. The van der Waals surface area contributed by atoms with E-state index in [2.05, 4.69) is 4.76 Å². The molecule has 2 nitrogen and oxygen atoms in total. The van der Waals surface area contributed by atoms with Gasteiger partial charge < -0.3 is 0 Å². The van der Waals surface area contributed by atoms with Crippen LogP contribution >= 0.6 is 8.07 Å². The molecule has 0 saturated carbocycles. The summed E-state index contributed by atoms with van der Waals surface area (Å²) >= 11 is 0. The molecule has 0 aliphatic carbocycles. The fourth-order valence-corrected chi connectivity index (χ4v) is 0.245. The summed E-state index contributed by atoms with van der Waals surface area (Å²) in [5.41, 5.74) is 0. The molecule has 0 heterocycles. The third kappa shape index (κ3) is 3.81. The summed E-state index contributed by atoms with van der Waals surface area (Å²) in [5, 5.41) is 0. The fraction of sp³-hybridized carbons (Fsp3) is 0.667. The summed E-state index contributed by atoms with van der Waals surface area (Å²) in [6, 6.07) is 0. The van der Waals surface area contributed by atoms with Crippen LogP contribution in [0.25, 0.3) is 0 Å². The molecule has 0 aromatic heterocycles. The third-order valence-electron chi connectivity index (χ3n) is 0.241. The molecule has 0 aromatic carbocycles. The van der Waals surface area contributed by atoms with Crippen molar-refractivity contribution in [2.75, 3.05) is 13.3 Å². The van der Waals surface area contributed by atoms with Gasteiger partial charge in [-0.05, 0) is 13.3 Å². The Labute approximate surface area is 38.1 Å². The fourth-order valence-electron chi connectivity index (χ4n) is 0.0816. The molecular weight excluding hydrogens is 97.0 g/mol. The molecule has 0 aliphatic heterocycles. The number of rotatable bonds is 1. The van der Waals surface area contributed by atoms with Gasteiger partial charge in [0.25, 0.3) is 0 Å². The number of hydrogen-bond acceptors (Lipinski definition) is 2. The van der Waals surface area contributed by atoms with Gasteiger partial charge in [-0.2, -0.15) is 4.76 Å². The van der Waals surface area contributed by atoms with Gasteiger partial charge in [0.15, 0.2) is 0 Å². The van der Waals surface area contributed by atoms with Gasteiger partial charge in [0.1, 0.15) is 0 Å². The summed E-state index contributed by atoms with van der Waals surface area (Å²) in [4.78, 5) is 9.34. The lowest BCUT2D eigenvalue weighted by Crippen LogP contribution is -1.52. The van der Waals surface area contributed by atoms with E-state index < -0.39 is 8.07 Å². The van der Waals surface area contributed by atoms with Gasteiger partial charge in [0, 0.05) is 8.07 Å². The van der Waals surface area contributed by atoms with E-state index in [1.54, 1.807) is 0 Å². The van der Waals surface area contributed by atoms with E-state index in [1.165, 1.54) is 6.08 Å². The van der Waals surface area contributed by atoms with Crippen LogP contribution in [0.1, 0.15) is 0 Å². The quantitative estimate of drug-likeness (QED) is 0.276. The van der Waals surface area contributed by atoms with Crippen LogP contribution in [-0.4, -0.2) is 19.4 Å². The van der Waals surface area contributed by atoms with E-state index in [4.69, 9.17) is 0 Å². The van der Waals surface area contributed by atoms with E-state index in [-0.39, 0.29) is 0 Å². The predicted molar refractivity (Wildman–Crippen MR) is 26.9 cm³/mol. The first-order valence-electron chi connectivity index (χ1n) is 1.52. The molecule has 0 aliphatic rings. The second-order valence-electron chi connectivity index (χ2n) is 1.04. The van der Waals surface area contributed by atoms with Crippen molar-refractivity contribution in [3.05, 3.63) is 0 Å². The number of nitrogens with zero attached hydrogens (tertiary/aromatic N) is 1. The second-order valence-corrected chi connectivity index (χ2v) is 2.93. The van der Waals surface area contributed by atoms with Crippen LogP contribution in [-0.2, 0) is 4.79 Å². The molecule has 34 valence electrons. The summed E-state index contributed by atoms with van der Waals surface area (Å²) < 4.78 is 3.38. The highest BCUT2D eigenvalue weighted by molar-refractivity contribution is 7.54. The van der Waals surface area contributed by atoms with E-state index in [0.717, 1.165) is 0 Å². The standard InChI is InChI=1S/C3H6NOP/c1-6(2)4-3-5/h1-2H3. The Hall–Kier alpha value is -0.190. The molecule has 0 radical (unpaired) electrons. The van der Waals surface area contributed by atoms with Crippen LogP contribution in [0.3, 0.4) is 0 Å². The van der Waals surface area contributed by atoms with Gasteiger partial charge in [-0.15, -0.1) is 0 Å². The molecule has 0 atom stereocenters. The maximum absolute atomic E-state index is 9.34. The summed E-state index contributed by atoms with van der Waals surface area (Å²) in [6.07, 6.45) is 1.47. The van der Waals surface area contributed by atoms with Crippen molar-refractivity contribution >= 4 is 14.2 Å². The Morgan fingerprint density at radius 2 is 2.17 bits per heavy atom. The lowest BCUT2D eigenvalue weighted by atomic mass is 11.7. The van der Waals surface area contributed by atoms with Crippen LogP contribution in [0, 0.1) is 0 Å². The molecule has 0 unspecified atom stereocenters. The van der Waals surface area contributed by atoms with Crippen LogP contribution in [0.4, 0.5) is 0 Å². The number of carbonyl (C=O) groups excluding carboxylic acids is 1. The average molecular weight is 103 g/mol. The highest BCUT2D eigenvalue weighted by Crippen LogP contribution is 2.23. The zero-order chi connectivity index (χ0) is 4.99. The summed E-state index contributed by atoms with van der Waals surface area (Å²) in [7, 11) is -0.399. The minimum atomic E-state index is -0.399. The second kappa shape index (κ2) is 3.02. The Kier molecular flexibility index (Phi) is 2.92. The Morgan fingerprint density at radius 1 is 1.67 bits per heavy atom. The maximum Gasteiger partial charge on any atom is 0.238 e. The van der Waals surface area contributed by atoms with Crippen LogP contribution < -0.4 is 0 Å². The summed E-state index contributed by atoms with van der Waals surface area (Å²) in [5.74, 6) is 0. The van der Waals surface area contributed by atoms with Crippen molar-refractivity contribution in [2.45, 2.75) is 0 Å². The van der Waals surface area contributed by atoms with Crippen molar-refractivity contribution in [1.82, 2.24) is 0 Å². The Morgan fingerprint density at radius 3 is 2.17 bits per heavy atom. The minimum absolute atomic E-state index is 0.399. The van der Waals surface area contributed by atoms with Gasteiger partial charge in [0.2, 0.25) is 6.08 Å². The smallest absolute Gasteiger partial charge is 0.211 e. The van der Waals surface area contributed by atoms with Gasteiger partial charge in [-0.3, -0.25) is 0 Å². The van der Waals surface area contributed by atoms with Crippen LogP contribution in [0.2, 0.25) is 0 Å². The Bertz CT molecular complexity index is 74.9. The third-order valence-corrected chi connectivity index (χ3v) is 0.722. The van der Waals surface area contributed by atoms with Gasteiger partial charge in [-0.25, -0.2) is 4.79 Å². The Balaban J connectivity index is 3.29. The highest BCUT2D eigenvalue weighted by atomic mass is 31.1. The monoisotopic (exact) mass is 103 g/mol. The zero-order valence-electron chi connectivity index (χ0n) is 3.80. The lowest BCUT2D eigenvalue weighted by Gasteiger charge is -1.82.